The number of hydrogen-bond donors (Lipinski definition) is 0. The Labute approximate surface area is 135 Å². The zero-order chi connectivity index (χ0) is 15.2. The first-order valence-electron chi connectivity index (χ1n) is 7.57. The Balaban J connectivity index is 2.05. The second-order valence-corrected chi connectivity index (χ2v) is 7.60. The number of allylic oxidation sites excluding steroid dienone is 1. The van der Waals surface area contributed by atoms with E-state index < -0.39 is 0 Å². The van der Waals surface area contributed by atoms with Crippen molar-refractivity contribution in [3.05, 3.63) is 11.6 Å². The molecule has 21 heavy (non-hydrogen) atoms. The van der Waals surface area contributed by atoms with Crippen LogP contribution in [0.4, 0.5) is 0 Å². The number of rotatable bonds is 3. The maximum atomic E-state index is 12.7. The van der Waals surface area contributed by atoms with E-state index >= 15 is 0 Å². The minimum atomic E-state index is -0.272. The van der Waals surface area contributed by atoms with Crippen molar-refractivity contribution in [1.82, 2.24) is 9.80 Å². The van der Waals surface area contributed by atoms with E-state index in [4.69, 9.17) is 0 Å². The predicted molar refractivity (Wildman–Crippen MR) is 90.5 cm³/mol. The van der Waals surface area contributed by atoms with Crippen LogP contribution in [0.25, 0.3) is 0 Å². The summed E-state index contributed by atoms with van der Waals surface area (Å²) in [6.07, 6.45) is 3.84. The molecule has 0 aromatic heterocycles. The molecule has 2 saturated heterocycles. The maximum Gasteiger partial charge on any atom is 0.250 e. The molecule has 0 unspecified atom stereocenters. The monoisotopic (exact) mass is 328 g/mol. The third kappa shape index (κ3) is 4.19. The van der Waals surface area contributed by atoms with Gasteiger partial charge in [-0.3, -0.25) is 9.59 Å². The van der Waals surface area contributed by atoms with Gasteiger partial charge in [-0.05, 0) is 25.5 Å². The van der Waals surface area contributed by atoms with Crippen molar-refractivity contribution in [3.8, 4) is 0 Å². The van der Waals surface area contributed by atoms with E-state index in [1.54, 1.807) is 16.7 Å². The number of thioether (sulfide) groups is 2. The van der Waals surface area contributed by atoms with Gasteiger partial charge in [0.25, 0.3) is 5.91 Å². The minimum Gasteiger partial charge on any atom is -0.340 e. The van der Waals surface area contributed by atoms with E-state index in [1.807, 2.05) is 36.6 Å². The molecule has 0 N–H and O–H groups in total. The van der Waals surface area contributed by atoms with Gasteiger partial charge in [0.15, 0.2) is 0 Å². The van der Waals surface area contributed by atoms with Crippen molar-refractivity contribution in [1.29, 1.82) is 0 Å². The highest BCUT2D eigenvalue weighted by Crippen LogP contribution is 2.25. The highest BCUT2D eigenvalue weighted by Gasteiger charge is 2.37. The quantitative estimate of drug-likeness (QED) is 0.745. The zero-order valence-corrected chi connectivity index (χ0v) is 14.5. The van der Waals surface area contributed by atoms with Crippen molar-refractivity contribution < 1.29 is 9.59 Å². The van der Waals surface area contributed by atoms with Crippen LogP contribution >= 0.6 is 23.5 Å². The summed E-state index contributed by atoms with van der Waals surface area (Å²) in [6.45, 7) is 5.52. The zero-order valence-electron chi connectivity index (χ0n) is 12.8. The Morgan fingerprint density at radius 1 is 1.24 bits per heavy atom. The van der Waals surface area contributed by atoms with Gasteiger partial charge < -0.3 is 9.80 Å². The van der Waals surface area contributed by atoms with E-state index in [0.29, 0.717) is 5.88 Å². The molecular formula is C15H24N2O2S2. The van der Waals surface area contributed by atoms with E-state index in [0.717, 1.165) is 48.8 Å². The molecule has 2 aliphatic heterocycles. The van der Waals surface area contributed by atoms with Crippen LogP contribution in [0.1, 0.15) is 26.7 Å². The number of nitrogens with zero attached hydrogens (tertiary/aromatic N) is 2. The van der Waals surface area contributed by atoms with Crippen molar-refractivity contribution in [2.45, 2.75) is 32.7 Å². The summed E-state index contributed by atoms with van der Waals surface area (Å²) >= 11 is 3.59. The SMILES string of the molecule is CC/C=C(\C)C(=O)N1CSC[C@@H]1C(=O)N1CCCSCC1. The standard InChI is InChI=1S/C15H24N2O2S2/c1-3-5-12(2)14(18)17-11-21-10-13(17)15(19)16-6-4-8-20-9-7-16/h5,13H,3-4,6-11H2,1-2H3/b12-5+/t13-/m1/s1. The fraction of sp³-hybridized carbons (Fsp3) is 0.733. The normalized spacial score (nSPS) is 24.1. The fourth-order valence-corrected chi connectivity index (χ4v) is 4.68. The number of carbonyl (C=O) groups is 2. The molecule has 0 aliphatic carbocycles. The van der Waals surface area contributed by atoms with Crippen LogP contribution in [0, 0.1) is 0 Å². The van der Waals surface area contributed by atoms with Crippen LogP contribution in [-0.2, 0) is 9.59 Å². The first-order valence-corrected chi connectivity index (χ1v) is 9.88. The largest absolute Gasteiger partial charge is 0.340 e. The van der Waals surface area contributed by atoms with Crippen LogP contribution in [0.5, 0.6) is 0 Å². The molecule has 0 radical (unpaired) electrons. The topological polar surface area (TPSA) is 40.6 Å². The van der Waals surface area contributed by atoms with Gasteiger partial charge in [0.1, 0.15) is 6.04 Å². The van der Waals surface area contributed by atoms with Gasteiger partial charge in [0.05, 0.1) is 5.88 Å². The molecular weight excluding hydrogens is 304 g/mol. The smallest absolute Gasteiger partial charge is 0.250 e. The van der Waals surface area contributed by atoms with Crippen LogP contribution in [0.3, 0.4) is 0 Å². The lowest BCUT2D eigenvalue weighted by Crippen LogP contribution is -2.49. The Hall–Kier alpha value is -0.620. The Morgan fingerprint density at radius 3 is 2.81 bits per heavy atom. The molecule has 0 spiro atoms. The third-order valence-electron chi connectivity index (χ3n) is 3.81. The summed E-state index contributed by atoms with van der Waals surface area (Å²) in [5, 5.41) is 0. The van der Waals surface area contributed by atoms with Gasteiger partial charge >= 0.3 is 0 Å². The molecule has 1 atom stereocenters. The molecule has 2 aliphatic rings. The van der Waals surface area contributed by atoms with Gasteiger partial charge in [0, 0.05) is 30.2 Å². The van der Waals surface area contributed by atoms with Crippen LogP contribution in [-0.4, -0.2) is 63.9 Å². The molecule has 0 aromatic rings. The average molecular weight is 329 g/mol. The first-order chi connectivity index (χ1) is 10.1. The van der Waals surface area contributed by atoms with Crippen LogP contribution in [0.15, 0.2) is 11.6 Å². The molecule has 2 fully saturated rings. The molecule has 2 heterocycles. The van der Waals surface area contributed by atoms with E-state index in [-0.39, 0.29) is 17.9 Å². The Bertz CT molecular complexity index is 418. The molecule has 4 nitrogen and oxygen atoms in total. The second-order valence-electron chi connectivity index (χ2n) is 5.38. The molecule has 0 bridgehead atoms. The summed E-state index contributed by atoms with van der Waals surface area (Å²) < 4.78 is 0. The highest BCUT2D eigenvalue weighted by atomic mass is 32.2. The van der Waals surface area contributed by atoms with E-state index in [1.165, 1.54) is 0 Å². The number of carbonyl (C=O) groups excluding carboxylic acids is 2. The lowest BCUT2D eigenvalue weighted by Gasteiger charge is -2.29. The second kappa shape index (κ2) is 8.13. The van der Waals surface area contributed by atoms with E-state index in [2.05, 4.69) is 0 Å². The molecule has 2 rings (SSSR count). The fourth-order valence-electron chi connectivity index (χ4n) is 2.64. The van der Waals surface area contributed by atoms with Gasteiger partial charge in [0.2, 0.25) is 5.91 Å². The summed E-state index contributed by atoms with van der Waals surface area (Å²) in [6, 6.07) is -0.272. The summed E-state index contributed by atoms with van der Waals surface area (Å²) in [5.41, 5.74) is 0.754. The average Bonchev–Trinajstić information content (AvgIpc) is 2.80. The molecule has 6 heteroatoms. The summed E-state index contributed by atoms with van der Waals surface area (Å²) in [7, 11) is 0. The van der Waals surface area contributed by atoms with Gasteiger partial charge in [-0.25, -0.2) is 0 Å². The predicted octanol–water partition coefficient (Wildman–Crippen LogP) is 2.21. The molecule has 118 valence electrons. The molecule has 2 amide bonds. The minimum absolute atomic E-state index is 0.0180. The third-order valence-corrected chi connectivity index (χ3v) is 5.87. The number of amides is 2. The van der Waals surface area contributed by atoms with Gasteiger partial charge in [-0.1, -0.05) is 13.0 Å². The van der Waals surface area contributed by atoms with E-state index in [9.17, 15) is 9.59 Å². The van der Waals surface area contributed by atoms with Crippen LogP contribution < -0.4 is 0 Å². The van der Waals surface area contributed by atoms with Gasteiger partial charge in [-0.15, -0.1) is 11.8 Å². The molecule has 0 saturated carbocycles. The van der Waals surface area contributed by atoms with Crippen molar-refractivity contribution in [2.75, 3.05) is 36.2 Å². The lowest BCUT2D eigenvalue weighted by molar-refractivity contribution is -0.141. The van der Waals surface area contributed by atoms with Crippen molar-refractivity contribution >= 4 is 35.3 Å². The number of hydrogen-bond acceptors (Lipinski definition) is 4. The van der Waals surface area contributed by atoms with Crippen molar-refractivity contribution in [3.63, 3.8) is 0 Å². The maximum absolute atomic E-state index is 12.7. The first kappa shape index (κ1) is 16.7. The summed E-state index contributed by atoms with van der Waals surface area (Å²) in [5.74, 6) is 3.66. The lowest BCUT2D eigenvalue weighted by atomic mass is 10.1. The highest BCUT2D eigenvalue weighted by molar-refractivity contribution is 7.99. The summed E-state index contributed by atoms with van der Waals surface area (Å²) in [4.78, 5) is 28.9. The Kier molecular flexibility index (Phi) is 6.48. The van der Waals surface area contributed by atoms with Crippen molar-refractivity contribution in [2.24, 2.45) is 0 Å². The van der Waals surface area contributed by atoms with Gasteiger partial charge in [-0.2, -0.15) is 11.8 Å². The Morgan fingerprint density at radius 2 is 2.05 bits per heavy atom. The molecule has 0 aromatic carbocycles. The van der Waals surface area contributed by atoms with Crippen LogP contribution in [0.2, 0.25) is 0 Å².